The maximum Gasteiger partial charge on any atom is 0.191 e. The molecule has 0 atom stereocenters. The molecule has 1 saturated carbocycles. The van der Waals surface area contributed by atoms with Gasteiger partial charge in [0.05, 0.1) is 0 Å². The highest BCUT2D eigenvalue weighted by Gasteiger charge is 2.16. The van der Waals surface area contributed by atoms with Crippen LogP contribution in [-0.4, -0.2) is 33.3 Å². The van der Waals surface area contributed by atoms with Crippen molar-refractivity contribution in [1.82, 2.24) is 25.4 Å². The summed E-state index contributed by atoms with van der Waals surface area (Å²) in [7, 11) is 1.99. The molecule has 2 rings (SSSR count). The van der Waals surface area contributed by atoms with Crippen LogP contribution in [0.5, 0.6) is 0 Å². The molecule has 0 unspecified atom stereocenters. The van der Waals surface area contributed by atoms with E-state index >= 15 is 0 Å². The van der Waals surface area contributed by atoms with Crippen LogP contribution in [0.15, 0.2) is 4.99 Å². The number of aryl methyl sites for hydroxylation is 1. The topological polar surface area (TPSA) is 67.1 Å². The summed E-state index contributed by atoms with van der Waals surface area (Å²) < 4.78 is 2.00. The van der Waals surface area contributed by atoms with E-state index in [4.69, 9.17) is 4.99 Å². The Labute approximate surface area is 140 Å². The lowest BCUT2D eigenvalue weighted by molar-refractivity contribution is 0.544. The van der Waals surface area contributed by atoms with Crippen LogP contribution in [0.2, 0.25) is 0 Å². The molecular formula is C17H32N6. The molecule has 6 heteroatoms. The highest BCUT2D eigenvalue weighted by molar-refractivity contribution is 5.80. The van der Waals surface area contributed by atoms with Crippen molar-refractivity contribution >= 4 is 5.96 Å². The first kappa shape index (κ1) is 17.8. The summed E-state index contributed by atoms with van der Waals surface area (Å²) in [5.74, 6) is 3.49. The largest absolute Gasteiger partial charge is 0.356 e. The van der Waals surface area contributed by atoms with Crippen LogP contribution in [0.4, 0.5) is 0 Å². The Hall–Kier alpha value is -1.59. The average Bonchev–Trinajstić information content (AvgIpc) is 3.13. The van der Waals surface area contributed by atoms with E-state index in [0.717, 1.165) is 30.1 Å². The van der Waals surface area contributed by atoms with Gasteiger partial charge in [0.2, 0.25) is 0 Å². The number of hydrogen-bond donors (Lipinski definition) is 2. The zero-order valence-electron chi connectivity index (χ0n) is 15.1. The second-order valence-electron chi connectivity index (χ2n) is 6.98. The van der Waals surface area contributed by atoms with Crippen molar-refractivity contribution in [1.29, 1.82) is 0 Å². The smallest absolute Gasteiger partial charge is 0.191 e. The lowest BCUT2D eigenvalue weighted by atomic mass is 10.1. The number of hydrogen-bond acceptors (Lipinski definition) is 3. The Morgan fingerprint density at radius 3 is 2.65 bits per heavy atom. The van der Waals surface area contributed by atoms with Crippen molar-refractivity contribution in [2.45, 2.75) is 71.9 Å². The molecule has 130 valence electrons. The van der Waals surface area contributed by atoms with Crippen molar-refractivity contribution in [3.63, 3.8) is 0 Å². The van der Waals surface area contributed by atoms with Gasteiger partial charge in [0.1, 0.15) is 12.4 Å². The fourth-order valence-electron chi connectivity index (χ4n) is 2.87. The van der Waals surface area contributed by atoms with E-state index in [1.165, 1.54) is 38.5 Å². The SMILES string of the molecule is Cc1nnc(CN=C(NCCCC(C)C)NC2CCCC2)n1C. The molecule has 0 spiro atoms. The van der Waals surface area contributed by atoms with Gasteiger partial charge < -0.3 is 15.2 Å². The maximum atomic E-state index is 4.72. The molecule has 1 heterocycles. The van der Waals surface area contributed by atoms with E-state index in [0.29, 0.717) is 12.6 Å². The first-order chi connectivity index (χ1) is 11.1. The van der Waals surface area contributed by atoms with Gasteiger partial charge in [0.25, 0.3) is 0 Å². The van der Waals surface area contributed by atoms with Gasteiger partial charge in [-0.1, -0.05) is 26.7 Å². The van der Waals surface area contributed by atoms with Crippen molar-refractivity contribution in [2.75, 3.05) is 6.54 Å². The normalized spacial score (nSPS) is 16.3. The molecule has 23 heavy (non-hydrogen) atoms. The number of guanidine groups is 1. The van der Waals surface area contributed by atoms with E-state index in [9.17, 15) is 0 Å². The number of aromatic nitrogens is 3. The summed E-state index contributed by atoms with van der Waals surface area (Å²) in [6.07, 6.45) is 7.55. The monoisotopic (exact) mass is 320 g/mol. The van der Waals surface area contributed by atoms with E-state index in [-0.39, 0.29) is 0 Å². The van der Waals surface area contributed by atoms with Crippen molar-refractivity contribution in [3.05, 3.63) is 11.6 Å². The Balaban J connectivity index is 1.90. The predicted octanol–water partition coefficient (Wildman–Crippen LogP) is 2.54. The van der Waals surface area contributed by atoms with Crippen LogP contribution in [0, 0.1) is 12.8 Å². The van der Waals surface area contributed by atoms with Crippen LogP contribution in [0.25, 0.3) is 0 Å². The molecule has 1 aromatic rings. The fraction of sp³-hybridized carbons (Fsp3) is 0.824. The summed E-state index contributed by atoms with van der Waals surface area (Å²) in [4.78, 5) is 4.72. The summed E-state index contributed by atoms with van der Waals surface area (Å²) in [6.45, 7) is 8.02. The number of aliphatic imine (C=N–C) groups is 1. The molecule has 0 saturated heterocycles. The molecule has 0 amide bonds. The van der Waals surface area contributed by atoms with Crippen LogP contribution in [-0.2, 0) is 13.6 Å². The van der Waals surface area contributed by atoms with Gasteiger partial charge in [-0.15, -0.1) is 10.2 Å². The van der Waals surface area contributed by atoms with E-state index in [1.54, 1.807) is 0 Å². The van der Waals surface area contributed by atoms with Gasteiger partial charge in [-0.3, -0.25) is 0 Å². The quantitative estimate of drug-likeness (QED) is 0.460. The van der Waals surface area contributed by atoms with Crippen LogP contribution < -0.4 is 10.6 Å². The first-order valence-electron chi connectivity index (χ1n) is 8.96. The number of nitrogens with zero attached hydrogens (tertiary/aromatic N) is 4. The van der Waals surface area contributed by atoms with Crippen LogP contribution in [0.3, 0.4) is 0 Å². The summed E-state index contributed by atoms with van der Waals surface area (Å²) in [6, 6.07) is 0.563. The third-order valence-electron chi connectivity index (χ3n) is 4.51. The molecule has 0 aliphatic heterocycles. The molecule has 0 radical (unpaired) electrons. The maximum absolute atomic E-state index is 4.72. The Kier molecular flexibility index (Phi) is 6.86. The fourth-order valence-corrected chi connectivity index (χ4v) is 2.87. The Morgan fingerprint density at radius 2 is 2.04 bits per heavy atom. The number of nitrogens with one attached hydrogen (secondary N) is 2. The molecular weight excluding hydrogens is 288 g/mol. The predicted molar refractivity (Wildman–Crippen MR) is 94.3 cm³/mol. The lowest BCUT2D eigenvalue weighted by Gasteiger charge is -2.17. The van der Waals surface area contributed by atoms with Crippen molar-refractivity contribution in [3.8, 4) is 0 Å². The molecule has 0 aromatic carbocycles. The highest BCUT2D eigenvalue weighted by atomic mass is 15.3. The van der Waals surface area contributed by atoms with E-state index in [1.807, 2.05) is 18.5 Å². The van der Waals surface area contributed by atoms with Gasteiger partial charge >= 0.3 is 0 Å². The highest BCUT2D eigenvalue weighted by Crippen LogP contribution is 2.17. The van der Waals surface area contributed by atoms with Gasteiger partial charge in [-0.05, 0) is 38.5 Å². The minimum absolute atomic E-state index is 0.559. The van der Waals surface area contributed by atoms with Crippen LogP contribution >= 0.6 is 0 Å². The third kappa shape index (κ3) is 5.84. The second-order valence-corrected chi connectivity index (χ2v) is 6.98. The second kappa shape index (κ2) is 8.89. The molecule has 1 fully saturated rings. The third-order valence-corrected chi connectivity index (χ3v) is 4.51. The molecule has 0 bridgehead atoms. The summed E-state index contributed by atoms with van der Waals surface area (Å²) in [5, 5.41) is 15.3. The lowest BCUT2D eigenvalue weighted by Crippen LogP contribution is -2.42. The minimum atomic E-state index is 0.559. The van der Waals surface area contributed by atoms with E-state index < -0.39 is 0 Å². The minimum Gasteiger partial charge on any atom is -0.356 e. The molecule has 1 aromatic heterocycles. The zero-order chi connectivity index (χ0) is 16.7. The molecule has 2 N–H and O–H groups in total. The summed E-state index contributed by atoms with van der Waals surface area (Å²) >= 11 is 0. The Morgan fingerprint density at radius 1 is 1.30 bits per heavy atom. The van der Waals surface area contributed by atoms with Crippen LogP contribution in [0.1, 0.15) is 64.0 Å². The Bertz CT molecular complexity index is 499. The average molecular weight is 320 g/mol. The number of rotatable bonds is 7. The zero-order valence-corrected chi connectivity index (χ0v) is 15.1. The van der Waals surface area contributed by atoms with Gasteiger partial charge in [-0.2, -0.15) is 0 Å². The standard InChI is InChI=1S/C17H32N6/c1-13(2)8-7-11-18-17(20-15-9-5-6-10-15)19-12-16-22-21-14(3)23(16)4/h13,15H,5-12H2,1-4H3,(H2,18,19,20). The van der Waals surface area contributed by atoms with Crippen molar-refractivity contribution in [2.24, 2.45) is 18.0 Å². The summed E-state index contributed by atoms with van der Waals surface area (Å²) in [5.41, 5.74) is 0. The van der Waals surface area contributed by atoms with E-state index in [2.05, 4.69) is 34.7 Å². The van der Waals surface area contributed by atoms with Crippen molar-refractivity contribution < 1.29 is 0 Å². The van der Waals surface area contributed by atoms with Gasteiger partial charge in [0, 0.05) is 19.6 Å². The molecule has 6 nitrogen and oxygen atoms in total. The van der Waals surface area contributed by atoms with Gasteiger partial charge in [0.15, 0.2) is 11.8 Å². The molecule has 1 aliphatic carbocycles. The van der Waals surface area contributed by atoms with Gasteiger partial charge in [-0.25, -0.2) is 4.99 Å². The molecule has 1 aliphatic rings. The first-order valence-corrected chi connectivity index (χ1v) is 8.96.